The molecule has 0 aromatic carbocycles. The summed E-state index contributed by atoms with van der Waals surface area (Å²) in [6, 6.07) is 0. The van der Waals surface area contributed by atoms with Gasteiger partial charge in [-0.25, -0.2) is 0 Å². The Morgan fingerprint density at radius 1 is 1.56 bits per heavy atom. The third kappa shape index (κ3) is 1.17. The molecule has 0 saturated heterocycles. The Morgan fingerprint density at radius 2 is 2.22 bits per heavy atom. The normalized spacial score (nSPS) is 11.7. The molecule has 1 rings (SSSR count). The van der Waals surface area contributed by atoms with Crippen molar-refractivity contribution in [3.05, 3.63) is 5.69 Å². The first kappa shape index (κ1) is 6.44. The van der Waals surface area contributed by atoms with Crippen LogP contribution in [0.2, 0.25) is 0 Å². The zero-order chi connectivity index (χ0) is 6.85. The maximum Gasteiger partial charge on any atom is 0.296 e. The number of aryl methyl sites for hydroxylation is 1. The van der Waals surface area contributed by atoms with Crippen molar-refractivity contribution in [3.8, 4) is 5.88 Å². The molecule has 1 aromatic rings. The molecule has 0 aliphatic carbocycles. The van der Waals surface area contributed by atoms with E-state index in [-0.39, 0.29) is 0 Å². The van der Waals surface area contributed by atoms with Gasteiger partial charge >= 0.3 is 0 Å². The molecule has 50 valence electrons. The fourth-order valence-electron chi connectivity index (χ4n) is 0.499. The summed E-state index contributed by atoms with van der Waals surface area (Å²) in [6.45, 7) is 1.70. The molecule has 0 fully saturated rings. The molecular weight excluding hydrogens is 140 g/mol. The van der Waals surface area contributed by atoms with Crippen LogP contribution in [0.3, 0.4) is 0 Å². The van der Waals surface area contributed by atoms with Gasteiger partial charge in [0.25, 0.3) is 5.88 Å². The van der Waals surface area contributed by atoms with Crippen molar-refractivity contribution in [1.29, 1.82) is 0 Å². The second-order valence-electron chi connectivity index (χ2n) is 1.51. The fraction of sp³-hybridized carbons (Fsp3) is 0.500. The topological polar surface area (TPSA) is 58.1 Å². The van der Waals surface area contributed by atoms with E-state index in [2.05, 4.69) is 8.75 Å². The molecule has 5 heteroatoms. The van der Waals surface area contributed by atoms with E-state index in [0.717, 1.165) is 0 Å². The van der Waals surface area contributed by atoms with Gasteiger partial charge in [-0.1, -0.05) is 0 Å². The van der Waals surface area contributed by atoms with E-state index < -0.39 is 11.1 Å². The molecule has 0 N–H and O–H groups in total. The Labute approximate surface area is 55.6 Å². The first-order valence-corrected chi connectivity index (χ1v) is 3.41. The Hall–Kier alpha value is -0.680. The van der Waals surface area contributed by atoms with Crippen LogP contribution in [0.1, 0.15) is 5.69 Å². The van der Waals surface area contributed by atoms with Crippen molar-refractivity contribution in [2.45, 2.75) is 6.92 Å². The van der Waals surface area contributed by atoms with Gasteiger partial charge in [0.15, 0.2) is 16.8 Å². The highest BCUT2D eigenvalue weighted by atomic mass is 32.2. The van der Waals surface area contributed by atoms with E-state index in [1.54, 1.807) is 6.92 Å². The molecule has 1 aromatic heterocycles. The number of aromatic nitrogens is 2. The predicted octanol–water partition coefficient (Wildman–Crippen LogP) is 0.521. The minimum absolute atomic E-state index is 0.369. The van der Waals surface area contributed by atoms with Crippen LogP contribution in [0.5, 0.6) is 5.88 Å². The van der Waals surface area contributed by atoms with E-state index in [4.69, 9.17) is 4.74 Å². The average Bonchev–Trinajstić information content (AvgIpc) is 2.10. The predicted molar refractivity (Wildman–Crippen MR) is 32.0 cm³/mol. The highest BCUT2D eigenvalue weighted by Gasteiger charge is 2.09. The maximum absolute atomic E-state index is 10.5. The summed E-state index contributed by atoms with van der Waals surface area (Å²) in [4.78, 5) is 0. The van der Waals surface area contributed by atoms with E-state index in [9.17, 15) is 4.55 Å². The molecule has 9 heavy (non-hydrogen) atoms. The Morgan fingerprint density at radius 3 is 2.44 bits per heavy atom. The summed E-state index contributed by atoms with van der Waals surface area (Å²) in [5.74, 6) is 0.369. The lowest BCUT2D eigenvalue weighted by Gasteiger charge is -1.85. The maximum atomic E-state index is 10.5. The Kier molecular flexibility index (Phi) is 1.63. The monoisotopic (exact) mass is 146 g/mol. The van der Waals surface area contributed by atoms with Crippen LogP contribution in [0, 0.1) is 6.92 Å². The Balaban J connectivity index is 3.01. The standard InChI is InChI=1S/C4H6N2O2S/c1-3-4(8-2)6-9(7)5-3/h1-2H3. The quantitative estimate of drug-likeness (QED) is 0.542. The van der Waals surface area contributed by atoms with Gasteiger partial charge in [0.2, 0.25) is 0 Å². The lowest BCUT2D eigenvalue weighted by Crippen LogP contribution is -1.83. The SMILES string of the molecule is COc1n[s+]([O-])nc1C. The third-order valence-corrected chi connectivity index (χ3v) is 1.63. The van der Waals surface area contributed by atoms with Gasteiger partial charge in [-0.15, -0.1) is 0 Å². The fourth-order valence-corrected chi connectivity index (χ4v) is 1.20. The molecular formula is C4H6N2O2S. The molecule has 1 heterocycles. The average molecular weight is 146 g/mol. The summed E-state index contributed by atoms with van der Waals surface area (Å²) < 4.78 is 22.4. The van der Waals surface area contributed by atoms with E-state index >= 15 is 0 Å². The molecule has 4 nitrogen and oxygen atoms in total. The highest BCUT2D eigenvalue weighted by Crippen LogP contribution is 2.16. The van der Waals surface area contributed by atoms with Crippen molar-refractivity contribution >= 4 is 11.1 Å². The van der Waals surface area contributed by atoms with Crippen LogP contribution in [0.15, 0.2) is 0 Å². The summed E-state index contributed by atoms with van der Waals surface area (Å²) in [6.07, 6.45) is 0. The van der Waals surface area contributed by atoms with Crippen LogP contribution in [0.25, 0.3) is 0 Å². The number of methoxy groups -OCH3 is 1. The van der Waals surface area contributed by atoms with Gasteiger partial charge in [-0.05, 0) is 11.3 Å². The first-order chi connectivity index (χ1) is 4.24. The van der Waals surface area contributed by atoms with Gasteiger partial charge in [0.1, 0.15) is 0 Å². The molecule has 0 aliphatic heterocycles. The molecule has 0 saturated carbocycles. The van der Waals surface area contributed by atoms with Crippen LogP contribution in [-0.2, 0) is 0 Å². The van der Waals surface area contributed by atoms with Crippen molar-refractivity contribution in [3.63, 3.8) is 0 Å². The van der Waals surface area contributed by atoms with Crippen LogP contribution in [-0.4, -0.2) is 20.4 Å². The van der Waals surface area contributed by atoms with Crippen LogP contribution >= 0.6 is 11.1 Å². The van der Waals surface area contributed by atoms with Gasteiger partial charge in [-0.3, -0.25) is 0 Å². The number of rotatable bonds is 1. The largest absolute Gasteiger partial charge is 0.546 e. The lowest BCUT2D eigenvalue weighted by molar-refractivity contribution is 0.397. The number of ether oxygens (including phenoxy) is 1. The molecule has 0 radical (unpaired) electrons. The van der Waals surface area contributed by atoms with E-state index in [1.807, 2.05) is 0 Å². The van der Waals surface area contributed by atoms with Crippen molar-refractivity contribution < 1.29 is 9.29 Å². The molecule has 0 spiro atoms. The molecule has 0 aliphatic rings. The zero-order valence-corrected chi connectivity index (χ0v) is 5.94. The van der Waals surface area contributed by atoms with Gasteiger partial charge < -0.3 is 9.29 Å². The van der Waals surface area contributed by atoms with Crippen molar-refractivity contribution in [2.24, 2.45) is 0 Å². The molecule has 0 amide bonds. The summed E-state index contributed by atoms with van der Waals surface area (Å²) in [5.41, 5.74) is 0.593. The summed E-state index contributed by atoms with van der Waals surface area (Å²) >= 11 is -1.43. The van der Waals surface area contributed by atoms with Crippen LogP contribution < -0.4 is 4.74 Å². The lowest BCUT2D eigenvalue weighted by atomic mass is 10.5. The van der Waals surface area contributed by atoms with Gasteiger partial charge in [0, 0.05) is 4.37 Å². The molecule has 1 atom stereocenters. The molecule has 1 unspecified atom stereocenters. The highest BCUT2D eigenvalue weighted by molar-refractivity contribution is 7.14. The van der Waals surface area contributed by atoms with Gasteiger partial charge in [-0.2, -0.15) is 0 Å². The van der Waals surface area contributed by atoms with Crippen molar-refractivity contribution in [1.82, 2.24) is 8.75 Å². The number of hydrogen-bond acceptors (Lipinski definition) is 4. The van der Waals surface area contributed by atoms with Crippen molar-refractivity contribution in [2.75, 3.05) is 7.11 Å². The third-order valence-electron chi connectivity index (χ3n) is 0.879. The second-order valence-corrected chi connectivity index (χ2v) is 2.33. The number of hydrogen-bond donors (Lipinski definition) is 0. The smallest absolute Gasteiger partial charge is 0.296 e. The minimum atomic E-state index is -1.43. The Bertz CT molecular complexity index is 210. The second kappa shape index (κ2) is 2.28. The van der Waals surface area contributed by atoms with Crippen LogP contribution in [0.4, 0.5) is 0 Å². The molecule has 0 bridgehead atoms. The minimum Gasteiger partial charge on any atom is -0.546 e. The van der Waals surface area contributed by atoms with E-state index in [0.29, 0.717) is 11.6 Å². The van der Waals surface area contributed by atoms with Gasteiger partial charge in [0.05, 0.1) is 7.11 Å². The zero-order valence-electron chi connectivity index (χ0n) is 5.12. The summed E-state index contributed by atoms with van der Waals surface area (Å²) in [7, 11) is 1.47. The first-order valence-electron chi connectivity index (χ1n) is 2.34. The summed E-state index contributed by atoms with van der Waals surface area (Å²) in [5, 5.41) is 0. The van der Waals surface area contributed by atoms with E-state index in [1.165, 1.54) is 7.11 Å². The number of nitrogens with zero attached hydrogens (tertiary/aromatic N) is 2.